The molecule has 0 amide bonds. The molecule has 25 heavy (non-hydrogen) atoms. The van der Waals surface area contributed by atoms with Crippen LogP contribution >= 0.6 is 0 Å². The Bertz CT molecular complexity index is 784. The van der Waals surface area contributed by atoms with E-state index in [1.807, 2.05) is 0 Å². The summed E-state index contributed by atoms with van der Waals surface area (Å²) in [4.78, 5) is 10.6. The fourth-order valence-corrected chi connectivity index (χ4v) is 5.38. The van der Waals surface area contributed by atoms with Gasteiger partial charge >= 0.3 is 0 Å². The van der Waals surface area contributed by atoms with E-state index in [-0.39, 0.29) is 27.7 Å². The Hall–Kier alpha value is -1.51. The van der Waals surface area contributed by atoms with E-state index in [0.29, 0.717) is 24.0 Å². The summed E-state index contributed by atoms with van der Waals surface area (Å²) in [5.74, 6) is 0. The number of piperidine rings is 1. The highest BCUT2D eigenvalue weighted by Crippen LogP contribution is 2.28. The molecule has 7 nitrogen and oxygen atoms in total. The van der Waals surface area contributed by atoms with E-state index in [9.17, 15) is 18.5 Å². The average molecular weight is 370 g/mol. The number of quaternary nitrogens is 1. The van der Waals surface area contributed by atoms with Crippen LogP contribution < -0.4 is 10.0 Å². The first-order valence-electron chi connectivity index (χ1n) is 8.37. The fraction of sp³-hybridized carbons (Fsp3) is 0.647. The minimum absolute atomic E-state index is 0.0486. The first-order valence-corrected chi connectivity index (χ1v) is 9.86. The number of nitro groups is 1. The van der Waals surface area contributed by atoms with Crippen molar-refractivity contribution in [2.75, 3.05) is 0 Å². The maximum absolute atomic E-state index is 12.8. The molecule has 140 valence electrons. The summed E-state index contributed by atoms with van der Waals surface area (Å²) in [6.45, 7) is 11.7. The number of aryl methyl sites for hydroxylation is 1. The molecule has 0 aromatic heterocycles. The summed E-state index contributed by atoms with van der Waals surface area (Å²) in [5, 5.41) is 13.5. The second-order valence-electron chi connectivity index (χ2n) is 8.49. The van der Waals surface area contributed by atoms with Gasteiger partial charge < -0.3 is 5.32 Å². The molecule has 3 N–H and O–H groups in total. The van der Waals surface area contributed by atoms with Crippen molar-refractivity contribution >= 4 is 15.7 Å². The molecule has 1 heterocycles. The highest BCUT2D eigenvalue weighted by molar-refractivity contribution is 7.89. The zero-order valence-electron chi connectivity index (χ0n) is 15.7. The lowest BCUT2D eigenvalue weighted by Crippen LogP contribution is -3.06. The van der Waals surface area contributed by atoms with E-state index in [0.717, 1.165) is 6.07 Å². The Morgan fingerprint density at radius 2 is 1.68 bits per heavy atom. The van der Waals surface area contributed by atoms with Crippen LogP contribution in [0.25, 0.3) is 0 Å². The Balaban J connectivity index is 2.35. The van der Waals surface area contributed by atoms with Crippen molar-refractivity contribution in [1.82, 2.24) is 4.72 Å². The number of nitrogens with one attached hydrogen (secondary N) is 1. The number of hydrogen-bond donors (Lipinski definition) is 2. The van der Waals surface area contributed by atoms with Crippen molar-refractivity contribution in [2.45, 2.75) is 76.4 Å². The average Bonchev–Trinajstić information content (AvgIpc) is 2.36. The number of nitro benzene ring substituents is 1. The van der Waals surface area contributed by atoms with E-state index in [1.54, 1.807) is 13.8 Å². The van der Waals surface area contributed by atoms with Gasteiger partial charge in [-0.25, -0.2) is 13.1 Å². The van der Waals surface area contributed by atoms with Gasteiger partial charge in [-0.15, -0.1) is 0 Å². The highest BCUT2D eigenvalue weighted by atomic mass is 32.2. The third-order valence-corrected chi connectivity index (χ3v) is 6.27. The zero-order valence-corrected chi connectivity index (χ0v) is 16.5. The van der Waals surface area contributed by atoms with E-state index in [1.165, 1.54) is 6.07 Å². The molecule has 1 fully saturated rings. The lowest BCUT2D eigenvalue weighted by molar-refractivity contribution is -0.787. The summed E-state index contributed by atoms with van der Waals surface area (Å²) in [6, 6.07) is 2.44. The molecule has 8 heteroatoms. The predicted octanol–water partition coefficient (Wildman–Crippen LogP) is 1.77. The molecule has 1 saturated heterocycles. The maximum Gasteiger partial charge on any atom is 0.273 e. The summed E-state index contributed by atoms with van der Waals surface area (Å²) < 4.78 is 28.4. The molecule has 0 saturated carbocycles. The normalized spacial score (nSPS) is 20.4. The minimum Gasteiger partial charge on any atom is -0.337 e. The highest BCUT2D eigenvalue weighted by Gasteiger charge is 2.43. The molecule has 0 radical (unpaired) electrons. The third kappa shape index (κ3) is 4.56. The van der Waals surface area contributed by atoms with E-state index < -0.39 is 14.9 Å². The predicted molar refractivity (Wildman–Crippen MR) is 96.0 cm³/mol. The fourth-order valence-electron chi connectivity index (χ4n) is 4.04. The van der Waals surface area contributed by atoms with Gasteiger partial charge in [0.1, 0.15) is 0 Å². The van der Waals surface area contributed by atoms with Gasteiger partial charge in [-0.05, 0) is 53.2 Å². The summed E-state index contributed by atoms with van der Waals surface area (Å²) in [5.41, 5.74) is 0.748. The molecule has 1 aliphatic rings. The van der Waals surface area contributed by atoms with Crippen LogP contribution in [0.4, 0.5) is 5.69 Å². The van der Waals surface area contributed by atoms with Crippen LogP contribution in [0.5, 0.6) is 0 Å². The first-order chi connectivity index (χ1) is 11.2. The van der Waals surface area contributed by atoms with Gasteiger partial charge in [-0.3, -0.25) is 10.1 Å². The molecule has 0 aliphatic carbocycles. The van der Waals surface area contributed by atoms with Gasteiger partial charge in [0, 0.05) is 30.5 Å². The Morgan fingerprint density at radius 1 is 1.16 bits per heavy atom. The summed E-state index contributed by atoms with van der Waals surface area (Å²) in [7, 11) is -3.82. The number of hydrogen-bond acceptors (Lipinski definition) is 4. The minimum atomic E-state index is -3.82. The number of rotatable bonds is 4. The van der Waals surface area contributed by atoms with Crippen molar-refractivity contribution in [3.05, 3.63) is 33.4 Å². The Morgan fingerprint density at radius 3 is 2.16 bits per heavy atom. The largest absolute Gasteiger partial charge is 0.337 e. The van der Waals surface area contributed by atoms with Gasteiger partial charge in [-0.2, -0.15) is 0 Å². The van der Waals surface area contributed by atoms with Crippen molar-refractivity contribution in [3.63, 3.8) is 0 Å². The SMILES string of the molecule is Cc1cc(S(=O)(=O)NC2CC(C)(C)[NH2+]C(C)(C)C2)cc([N+](=O)[O-])c1C. The molecule has 0 spiro atoms. The van der Waals surface area contributed by atoms with Gasteiger partial charge in [-0.1, -0.05) is 0 Å². The molecule has 1 aromatic rings. The van der Waals surface area contributed by atoms with Crippen LogP contribution in [-0.2, 0) is 10.0 Å². The van der Waals surface area contributed by atoms with Crippen LogP contribution in [0.15, 0.2) is 17.0 Å². The zero-order chi connectivity index (χ0) is 19.2. The molecular weight excluding hydrogens is 342 g/mol. The first kappa shape index (κ1) is 19.8. The third-order valence-electron chi connectivity index (χ3n) is 4.77. The van der Waals surface area contributed by atoms with Crippen LogP contribution in [0.2, 0.25) is 0 Å². The Labute approximate surface area is 149 Å². The number of nitrogens with zero attached hydrogens (tertiary/aromatic N) is 1. The number of nitrogens with two attached hydrogens (primary N) is 1. The molecule has 0 bridgehead atoms. The van der Waals surface area contributed by atoms with E-state index in [4.69, 9.17) is 0 Å². The topological polar surface area (TPSA) is 106 Å². The summed E-state index contributed by atoms with van der Waals surface area (Å²) >= 11 is 0. The van der Waals surface area contributed by atoms with Crippen LogP contribution in [0, 0.1) is 24.0 Å². The second-order valence-corrected chi connectivity index (χ2v) is 10.2. The number of sulfonamides is 1. The smallest absolute Gasteiger partial charge is 0.273 e. The quantitative estimate of drug-likeness (QED) is 0.622. The maximum atomic E-state index is 12.8. The van der Waals surface area contributed by atoms with E-state index in [2.05, 4.69) is 37.7 Å². The van der Waals surface area contributed by atoms with Crippen LogP contribution in [-0.4, -0.2) is 30.5 Å². The van der Waals surface area contributed by atoms with Gasteiger partial charge in [0.05, 0.1) is 20.9 Å². The second kappa shape index (κ2) is 6.34. The van der Waals surface area contributed by atoms with Gasteiger partial charge in [0.15, 0.2) is 0 Å². The number of benzene rings is 1. The monoisotopic (exact) mass is 370 g/mol. The van der Waals surface area contributed by atoms with E-state index >= 15 is 0 Å². The van der Waals surface area contributed by atoms with Gasteiger partial charge in [0.2, 0.25) is 10.0 Å². The van der Waals surface area contributed by atoms with Crippen molar-refractivity contribution < 1.29 is 18.7 Å². The van der Waals surface area contributed by atoms with Crippen molar-refractivity contribution in [3.8, 4) is 0 Å². The Kier molecular flexibility index (Phi) is 5.02. The lowest BCUT2D eigenvalue weighted by Gasteiger charge is -2.43. The molecule has 1 aromatic carbocycles. The molecular formula is C17H28N3O4S+. The molecule has 0 atom stereocenters. The lowest BCUT2D eigenvalue weighted by atomic mass is 9.80. The van der Waals surface area contributed by atoms with Crippen molar-refractivity contribution in [2.24, 2.45) is 0 Å². The standard InChI is InChI=1S/C17H27N3O4S/c1-11-7-14(8-15(12(11)2)20(21)22)25(23,24)18-13-9-16(3,4)19-17(5,6)10-13/h7-8,13,18-19H,9-10H2,1-6H3/p+1. The van der Waals surface area contributed by atoms with Gasteiger partial charge in [0.25, 0.3) is 5.69 Å². The summed E-state index contributed by atoms with van der Waals surface area (Å²) in [6.07, 6.45) is 1.39. The molecule has 0 unspecified atom stereocenters. The van der Waals surface area contributed by atoms with Crippen LogP contribution in [0.1, 0.15) is 51.7 Å². The van der Waals surface area contributed by atoms with Crippen LogP contribution in [0.3, 0.4) is 0 Å². The molecule has 1 aliphatic heterocycles. The van der Waals surface area contributed by atoms with Crippen molar-refractivity contribution in [1.29, 1.82) is 0 Å². The molecule has 2 rings (SSSR count).